The Kier molecular flexibility index (Phi) is 7.32. The molecule has 1 atom stereocenters. The van der Waals surface area contributed by atoms with Gasteiger partial charge in [0.05, 0.1) is 6.61 Å². The highest BCUT2D eigenvalue weighted by atomic mass is 31.2. The Balaban J connectivity index is 4.26. The summed E-state index contributed by atoms with van der Waals surface area (Å²) < 4.78 is 14.9. The quantitative estimate of drug-likeness (QED) is 0.281. The second-order valence-electron chi connectivity index (χ2n) is 4.94. The second kappa shape index (κ2) is 7.70. The third kappa shape index (κ3) is 8.23. The van der Waals surface area contributed by atoms with Crippen LogP contribution in [0.1, 0.15) is 26.7 Å². The Morgan fingerprint density at radius 1 is 1.35 bits per heavy atom. The van der Waals surface area contributed by atoms with E-state index in [1.54, 1.807) is 0 Å². The number of carboxylic acid groups (broad SMARTS) is 1. The SMILES string of the molecule is CC(C)(COP(=O)(O)O)[C@@H](O)C(=O)NCCCC(=O)O. The van der Waals surface area contributed by atoms with Crippen LogP contribution in [0.4, 0.5) is 0 Å². The highest BCUT2D eigenvalue weighted by molar-refractivity contribution is 7.46. The highest BCUT2D eigenvalue weighted by Gasteiger charge is 2.35. The normalized spacial score (nSPS) is 13.8. The highest BCUT2D eigenvalue weighted by Crippen LogP contribution is 2.38. The molecular weight excluding hydrogens is 293 g/mol. The molecule has 0 aliphatic carbocycles. The van der Waals surface area contributed by atoms with Gasteiger partial charge < -0.3 is 25.3 Å². The maximum absolute atomic E-state index is 11.6. The molecule has 0 aromatic heterocycles. The minimum Gasteiger partial charge on any atom is -0.481 e. The summed E-state index contributed by atoms with van der Waals surface area (Å²) in [6, 6.07) is 0. The van der Waals surface area contributed by atoms with Crippen LogP contribution in [0.3, 0.4) is 0 Å². The van der Waals surface area contributed by atoms with Gasteiger partial charge in [-0.25, -0.2) is 4.57 Å². The predicted molar refractivity (Wildman–Crippen MR) is 67.7 cm³/mol. The lowest BCUT2D eigenvalue weighted by atomic mass is 9.87. The van der Waals surface area contributed by atoms with Crippen LogP contribution in [0.5, 0.6) is 0 Å². The Bertz CT molecular complexity index is 391. The zero-order valence-electron chi connectivity index (χ0n) is 11.3. The molecule has 0 saturated carbocycles. The number of aliphatic hydroxyl groups is 1. The minimum atomic E-state index is -4.68. The molecule has 1 amide bonds. The molecule has 0 bridgehead atoms. The minimum absolute atomic E-state index is 0.0810. The number of aliphatic carboxylic acids is 1. The maximum Gasteiger partial charge on any atom is 0.469 e. The number of aliphatic hydroxyl groups excluding tert-OH is 1. The molecule has 0 aliphatic heterocycles. The van der Waals surface area contributed by atoms with E-state index in [9.17, 15) is 19.3 Å². The molecule has 5 N–H and O–H groups in total. The van der Waals surface area contributed by atoms with Crippen molar-refractivity contribution in [3.05, 3.63) is 0 Å². The van der Waals surface area contributed by atoms with Crippen molar-refractivity contribution in [2.45, 2.75) is 32.8 Å². The van der Waals surface area contributed by atoms with Gasteiger partial charge in [0, 0.05) is 18.4 Å². The molecule has 0 heterocycles. The fourth-order valence-electron chi connectivity index (χ4n) is 1.23. The topological polar surface area (TPSA) is 153 Å². The molecule has 118 valence electrons. The van der Waals surface area contributed by atoms with E-state index in [0.717, 1.165) is 0 Å². The van der Waals surface area contributed by atoms with Gasteiger partial charge in [0.15, 0.2) is 0 Å². The second-order valence-corrected chi connectivity index (χ2v) is 6.18. The smallest absolute Gasteiger partial charge is 0.469 e. The summed E-state index contributed by atoms with van der Waals surface area (Å²) in [6.07, 6.45) is -1.44. The first-order valence-electron chi connectivity index (χ1n) is 5.83. The van der Waals surface area contributed by atoms with Gasteiger partial charge in [-0.05, 0) is 6.42 Å². The molecule has 9 nitrogen and oxygen atoms in total. The van der Waals surface area contributed by atoms with Crippen LogP contribution < -0.4 is 5.32 Å². The largest absolute Gasteiger partial charge is 0.481 e. The van der Waals surface area contributed by atoms with E-state index in [1.807, 2.05) is 0 Å². The molecule has 0 rings (SSSR count). The fraction of sp³-hybridized carbons (Fsp3) is 0.800. The van der Waals surface area contributed by atoms with E-state index in [1.165, 1.54) is 13.8 Å². The maximum atomic E-state index is 11.6. The van der Waals surface area contributed by atoms with Crippen molar-refractivity contribution >= 4 is 19.7 Å². The van der Waals surface area contributed by atoms with Crippen LogP contribution in [-0.2, 0) is 18.7 Å². The number of nitrogens with one attached hydrogen (secondary N) is 1. The number of phosphoric acid groups is 1. The third-order valence-corrected chi connectivity index (χ3v) is 2.93. The monoisotopic (exact) mass is 313 g/mol. The number of rotatable bonds is 9. The summed E-state index contributed by atoms with van der Waals surface area (Å²) in [5.41, 5.74) is -1.21. The molecule has 0 saturated heterocycles. The molecule has 0 unspecified atom stereocenters. The number of hydrogen-bond donors (Lipinski definition) is 5. The first-order chi connectivity index (χ1) is 8.96. The molecule has 10 heteroatoms. The lowest BCUT2D eigenvalue weighted by Gasteiger charge is -2.29. The van der Waals surface area contributed by atoms with Gasteiger partial charge in [-0.2, -0.15) is 0 Å². The third-order valence-electron chi connectivity index (χ3n) is 2.46. The molecule has 0 spiro atoms. The number of carbonyl (C=O) groups excluding carboxylic acids is 1. The number of hydrogen-bond acceptors (Lipinski definition) is 5. The van der Waals surface area contributed by atoms with Crippen LogP contribution in [0.2, 0.25) is 0 Å². The Morgan fingerprint density at radius 3 is 2.35 bits per heavy atom. The van der Waals surface area contributed by atoms with Crippen LogP contribution in [0.15, 0.2) is 0 Å². The van der Waals surface area contributed by atoms with Crippen LogP contribution in [0, 0.1) is 5.41 Å². The zero-order valence-corrected chi connectivity index (χ0v) is 12.2. The van der Waals surface area contributed by atoms with Crippen molar-refractivity contribution in [2.24, 2.45) is 5.41 Å². The van der Waals surface area contributed by atoms with Gasteiger partial charge in [-0.3, -0.25) is 14.1 Å². The summed E-state index contributed by atoms with van der Waals surface area (Å²) in [5, 5.41) is 20.5. The number of phosphoric ester groups is 1. The van der Waals surface area contributed by atoms with E-state index in [4.69, 9.17) is 14.9 Å². The lowest BCUT2D eigenvalue weighted by Crippen LogP contribution is -2.46. The Morgan fingerprint density at radius 2 is 1.90 bits per heavy atom. The van der Waals surface area contributed by atoms with Crippen molar-refractivity contribution in [3.8, 4) is 0 Å². The van der Waals surface area contributed by atoms with Gasteiger partial charge in [0.2, 0.25) is 5.91 Å². The molecule has 0 aliphatic rings. The molecule has 0 aromatic carbocycles. The van der Waals surface area contributed by atoms with Gasteiger partial charge in [0.25, 0.3) is 0 Å². The molecule has 20 heavy (non-hydrogen) atoms. The Hall–Kier alpha value is -0.990. The summed E-state index contributed by atoms with van der Waals surface area (Å²) >= 11 is 0. The van der Waals surface area contributed by atoms with E-state index >= 15 is 0 Å². The molecular formula is C10H20NO8P. The zero-order chi connectivity index (χ0) is 16.0. The van der Waals surface area contributed by atoms with Crippen molar-refractivity contribution in [1.82, 2.24) is 5.32 Å². The van der Waals surface area contributed by atoms with E-state index in [-0.39, 0.29) is 19.4 Å². The van der Waals surface area contributed by atoms with Crippen molar-refractivity contribution < 1.29 is 38.7 Å². The first-order valence-corrected chi connectivity index (χ1v) is 7.36. The molecule has 0 radical (unpaired) electrons. The number of amides is 1. The summed E-state index contributed by atoms with van der Waals surface area (Å²) in [6.45, 7) is 2.38. The summed E-state index contributed by atoms with van der Waals surface area (Å²) in [7, 11) is -4.68. The van der Waals surface area contributed by atoms with E-state index in [2.05, 4.69) is 9.84 Å². The van der Waals surface area contributed by atoms with Gasteiger partial charge in [-0.15, -0.1) is 0 Å². The van der Waals surface area contributed by atoms with Crippen molar-refractivity contribution in [3.63, 3.8) is 0 Å². The average molecular weight is 313 g/mol. The van der Waals surface area contributed by atoms with Crippen LogP contribution >= 0.6 is 7.82 Å². The van der Waals surface area contributed by atoms with Crippen LogP contribution in [0.25, 0.3) is 0 Å². The van der Waals surface area contributed by atoms with Crippen molar-refractivity contribution in [1.29, 1.82) is 0 Å². The average Bonchev–Trinajstić information content (AvgIpc) is 2.30. The van der Waals surface area contributed by atoms with E-state index in [0.29, 0.717) is 0 Å². The number of carbonyl (C=O) groups is 2. The summed E-state index contributed by atoms with van der Waals surface area (Å²) in [4.78, 5) is 39.0. The standard InChI is InChI=1S/C10H20NO8P/c1-10(2,6-19-20(16,17)18)8(14)9(15)11-5-3-4-7(12)13/h8,14H,3-6H2,1-2H3,(H,11,15)(H,12,13)(H2,16,17,18)/t8-/m0/s1. The van der Waals surface area contributed by atoms with Gasteiger partial charge in [0.1, 0.15) is 6.10 Å². The Labute approximate surface area is 116 Å². The van der Waals surface area contributed by atoms with Crippen LogP contribution in [-0.4, -0.2) is 51.1 Å². The molecule has 0 aromatic rings. The first kappa shape index (κ1) is 19.0. The van der Waals surface area contributed by atoms with Gasteiger partial charge in [-0.1, -0.05) is 13.8 Å². The van der Waals surface area contributed by atoms with E-state index < -0.39 is 37.8 Å². The van der Waals surface area contributed by atoms with Crippen molar-refractivity contribution in [2.75, 3.05) is 13.2 Å². The molecule has 0 fully saturated rings. The lowest BCUT2D eigenvalue weighted by molar-refractivity contribution is -0.138. The van der Waals surface area contributed by atoms with Gasteiger partial charge >= 0.3 is 13.8 Å². The fourth-order valence-corrected chi connectivity index (χ4v) is 1.73. The summed E-state index contributed by atoms with van der Waals surface area (Å²) in [5.74, 6) is -1.75. The number of carboxylic acids is 1. The predicted octanol–water partition coefficient (Wildman–Crippen LogP) is -0.536.